The SMILES string of the molecule is O=C(Nc1cccc2[nH]ncc12)C1(C(F)(F)F)CCNC1. The van der Waals surface area contributed by atoms with Crippen molar-refractivity contribution in [2.45, 2.75) is 12.6 Å². The lowest BCUT2D eigenvalue weighted by Gasteiger charge is -2.29. The number of nitrogens with zero attached hydrogens (tertiary/aromatic N) is 1. The molecule has 2 aromatic rings. The number of aromatic amines is 1. The maximum atomic E-state index is 13.3. The number of hydrogen-bond donors (Lipinski definition) is 3. The summed E-state index contributed by atoms with van der Waals surface area (Å²) in [5, 5.41) is 12.1. The van der Waals surface area contributed by atoms with Gasteiger partial charge in [-0.05, 0) is 25.1 Å². The lowest BCUT2D eigenvalue weighted by Crippen LogP contribution is -2.49. The maximum Gasteiger partial charge on any atom is 0.404 e. The molecule has 21 heavy (non-hydrogen) atoms. The third-order valence-electron chi connectivity index (χ3n) is 3.87. The molecule has 0 spiro atoms. The van der Waals surface area contributed by atoms with Gasteiger partial charge in [0.15, 0.2) is 5.41 Å². The minimum absolute atomic E-state index is 0.169. The number of carbonyl (C=O) groups is 1. The number of aromatic nitrogens is 2. The third-order valence-corrected chi connectivity index (χ3v) is 3.87. The second-order valence-electron chi connectivity index (χ2n) is 5.10. The van der Waals surface area contributed by atoms with Crippen LogP contribution in [0.1, 0.15) is 6.42 Å². The number of rotatable bonds is 2. The fraction of sp³-hybridized carbons (Fsp3) is 0.385. The number of anilines is 1. The monoisotopic (exact) mass is 298 g/mol. The molecule has 0 aliphatic carbocycles. The summed E-state index contributed by atoms with van der Waals surface area (Å²) in [6, 6.07) is 4.93. The zero-order chi connectivity index (χ0) is 15.1. The van der Waals surface area contributed by atoms with Gasteiger partial charge in [-0.2, -0.15) is 18.3 Å². The van der Waals surface area contributed by atoms with Gasteiger partial charge in [0.1, 0.15) is 0 Å². The summed E-state index contributed by atoms with van der Waals surface area (Å²) in [6.07, 6.45) is -3.38. The molecule has 0 bridgehead atoms. The zero-order valence-electron chi connectivity index (χ0n) is 10.9. The molecule has 3 rings (SSSR count). The quantitative estimate of drug-likeness (QED) is 0.794. The van der Waals surface area contributed by atoms with Crippen LogP contribution in [0.25, 0.3) is 10.9 Å². The molecule has 8 heteroatoms. The molecule has 1 fully saturated rings. The van der Waals surface area contributed by atoms with Crippen molar-refractivity contribution in [3.8, 4) is 0 Å². The van der Waals surface area contributed by atoms with Crippen molar-refractivity contribution in [3.63, 3.8) is 0 Å². The van der Waals surface area contributed by atoms with E-state index in [-0.39, 0.29) is 13.0 Å². The lowest BCUT2D eigenvalue weighted by atomic mass is 9.85. The second-order valence-corrected chi connectivity index (χ2v) is 5.10. The van der Waals surface area contributed by atoms with Gasteiger partial charge in [-0.25, -0.2) is 0 Å². The topological polar surface area (TPSA) is 69.8 Å². The van der Waals surface area contributed by atoms with Gasteiger partial charge in [0.05, 0.1) is 17.4 Å². The standard InChI is InChI=1S/C13H13F3N4O/c14-13(15,16)12(4-5-17-7-12)11(21)19-9-2-1-3-10-8(9)6-18-20-10/h1-3,6,17H,4-5,7H2,(H,18,20)(H,19,21). The normalized spacial score (nSPS) is 22.6. The number of H-pyrrole nitrogens is 1. The van der Waals surface area contributed by atoms with Gasteiger partial charge in [-0.15, -0.1) is 0 Å². The highest BCUT2D eigenvalue weighted by atomic mass is 19.4. The Balaban J connectivity index is 1.94. The van der Waals surface area contributed by atoms with Crippen molar-refractivity contribution >= 4 is 22.5 Å². The number of halogens is 3. The van der Waals surface area contributed by atoms with Crippen LogP contribution in [0, 0.1) is 5.41 Å². The van der Waals surface area contributed by atoms with E-state index in [1.54, 1.807) is 18.2 Å². The number of alkyl halides is 3. The number of amides is 1. The van der Waals surface area contributed by atoms with Crippen molar-refractivity contribution in [2.75, 3.05) is 18.4 Å². The van der Waals surface area contributed by atoms with E-state index in [4.69, 9.17) is 0 Å². The molecule has 1 saturated heterocycles. The number of carbonyl (C=O) groups excluding carboxylic acids is 1. The number of hydrogen-bond acceptors (Lipinski definition) is 3. The Hall–Kier alpha value is -2.09. The van der Waals surface area contributed by atoms with Gasteiger partial charge in [-0.1, -0.05) is 6.07 Å². The van der Waals surface area contributed by atoms with Crippen LogP contribution in [0.5, 0.6) is 0 Å². The third kappa shape index (κ3) is 2.15. The summed E-state index contributed by atoms with van der Waals surface area (Å²) in [4.78, 5) is 12.2. The lowest BCUT2D eigenvalue weighted by molar-refractivity contribution is -0.213. The predicted molar refractivity (Wildman–Crippen MR) is 70.7 cm³/mol. The summed E-state index contributed by atoms with van der Waals surface area (Å²) in [5.74, 6) is -1.03. The average molecular weight is 298 g/mol. The largest absolute Gasteiger partial charge is 0.404 e. The molecule has 1 aromatic carbocycles. The van der Waals surface area contributed by atoms with Gasteiger partial charge in [0, 0.05) is 11.9 Å². The Morgan fingerprint density at radius 1 is 1.38 bits per heavy atom. The summed E-state index contributed by atoms with van der Waals surface area (Å²) in [5.41, 5.74) is -1.40. The number of nitrogens with one attached hydrogen (secondary N) is 3. The van der Waals surface area contributed by atoms with Crippen LogP contribution in [0.3, 0.4) is 0 Å². The van der Waals surface area contributed by atoms with Crippen LogP contribution in [-0.2, 0) is 4.79 Å². The van der Waals surface area contributed by atoms with Crippen LogP contribution < -0.4 is 10.6 Å². The summed E-state index contributed by atoms with van der Waals surface area (Å²) < 4.78 is 39.9. The predicted octanol–water partition coefficient (Wildman–Crippen LogP) is 2.04. The Kier molecular flexibility index (Phi) is 3.12. The van der Waals surface area contributed by atoms with Crippen molar-refractivity contribution in [1.82, 2.24) is 15.5 Å². The smallest absolute Gasteiger partial charge is 0.325 e. The van der Waals surface area contributed by atoms with E-state index < -0.39 is 24.0 Å². The first-order valence-electron chi connectivity index (χ1n) is 6.45. The fourth-order valence-corrected chi connectivity index (χ4v) is 2.58. The highest BCUT2D eigenvalue weighted by molar-refractivity contribution is 6.03. The molecular weight excluding hydrogens is 285 g/mol. The van der Waals surface area contributed by atoms with E-state index in [2.05, 4.69) is 20.8 Å². The molecule has 3 N–H and O–H groups in total. The summed E-state index contributed by atoms with van der Waals surface area (Å²) >= 11 is 0. The Labute approximate surface area is 117 Å². The van der Waals surface area contributed by atoms with E-state index in [0.29, 0.717) is 16.6 Å². The molecular formula is C13H13F3N4O. The van der Waals surface area contributed by atoms with Crippen molar-refractivity contribution in [3.05, 3.63) is 24.4 Å². The highest BCUT2D eigenvalue weighted by Crippen LogP contribution is 2.44. The van der Waals surface area contributed by atoms with Crippen LogP contribution in [0.4, 0.5) is 18.9 Å². The Morgan fingerprint density at radius 3 is 2.86 bits per heavy atom. The van der Waals surface area contributed by atoms with E-state index in [1.165, 1.54) is 6.20 Å². The molecule has 1 aliphatic heterocycles. The number of fused-ring (bicyclic) bond motifs is 1. The van der Waals surface area contributed by atoms with Crippen LogP contribution in [-0.4, -0.2) is 35.4 Å². The molecule has 0 radical (unpaired) electrons. The van der Waals surface area contributed by atoms with Gasteiger partial charge >= 0.3 is 6.18 Å². The molecule has 1 unspecified atom stereocenters. The molecule has 1 atom stereocenters. The van der Waals surface area contributed by atoms with Crippen molar-refractivity contribution in [1.29, 1.82) is 0 Å². The summed E-state index contributed by atoms with van der Waals surface area (Å²) in [7, 11) is 0. The molecule has 1 aromatic heterocycles. The van der Waals surface area contributed by atoms with Gasteiger partial charge in [0.2, 0.25) is 5.91 Å². The van der Waals surface area contributed by atoms with Gasteiger partial charge in [0.25, 0.3) is 0 Å². The van der Waals surface area contributed by atoms with Gasteiger partial charge in [-0.3, -0.25) is 9.89 Å². The second kappa shape index (κ2) is 4.73. The minimum Gasteiger partial charge on any atom is -0.325 e. The van der Waals surface area contributed by atoms with E-state index in [1.807, 2.05) is 0 Å². The van der Waals surface area contributed by atoms with Crippen LogP contribution in [0.15, 0.2) is 24.4 Å². The van der Waals surface area contributed by atoms with Crippen molar-refractivity contribution in [2.24, 2.45) is 5.41 Å². The van der Waals surface area contributed by atoms with Gasteiger partial charge < -0.3 is 10.6 Å². The minimum atomic E-state index is -4.59. The average Bonchev–Trinajstić information content (AvgIpc) is 3.08. The molecule has 1 aliphatic rings. The van der Waals surface area contributed by atoms with Crippen LogP contribution >= 0.6 is 0 Å². The molecule has 1 amide bonds. The fourth-order valence-electron chi connectivity index (χ4n) is 2.58. The first kappa shape index (κ1) is 13.9. The molecule has 5 nitrogen and oxygen atoms in total. The van der Waals surface area contributed by atoms with Crippen molar-refractivity contribution < 1.29 is 18.0 Å². The molecule has 112 valence electrons. The zero-order valence-corrected chi connectivity index (χ0v) is 10.9. The Morgan fingerprint density at radius 2 is 2.19 bits per heavy atom. The maximum absolute atomic E-state index is 13.3. The van der Waals surface area contributed by atoms with E-state index in [9.17, 15) is 18.0 Å². The Bertz CT molecular complexity index is 673. The number of benzene rings is 1. The first-order valence-corrected chi connectivity index (χ1v) is 6.45. The summed E-state index contributed by atoms with van der Waals surface area (Å²) in [6.45, 7) is -0.230. The molecule has 2 heterocycles. The van der Waals surface area contributed by atoms with E-state index in [0.717, 1.165) is 0 Å². The van der Waals surface area contributed by atoms with E-state index >= 15 is 0 Å². The highest BCUT2D eigenvalue weighted by Gasteiger charge is 2.61. The molecule has 0 saturated carbocycles. The first-order chi connectivity index (χ1) is 9.94. The van der Waals surface area contributed by atoms with Crippen LogP contribution in [0.2, 0.25) is 0 Å².